The summed E-state index contributed by atoms with van der Waals surface area (Å²) >= 11 is 0. The predicted molar refractivity (Wildman–Crippen MR) is 47.9 cm³/mol. The van der Waals surface area contributed by atoms with E-state index in [1.165, 1.54) is 0 Å². The summed E-state index contributed by atoms with van der Waals surface area (Å²) in [7, 11) is 0. The number of nitrogens with zero attached hydrogens (tertiary/aromatic N) is 1. The summed E-state index contributed by atoms with van der Waals surface area (Å²) in [5, 5.41) is 0. The second-order valence-electron chi connectivity index (χ2n) is 2.77. The van der Waals surface area contributed by atoms with Gasteiger partial charge in [0.2, 0.25) is 0 Å². The molecule has 11 heavy (non-hydrogen) atoms. The van der Waals surface area contributed by atoms with E-state index in [-0.39, 0.29) is 6.04 Å². The van der Waals surface area contributed by atoms with Gasteiger partial charge in [-0.3, -0.25) is 4.99 Å². The van der Waals surface area contributed by atoms with Crippen molar-refractivity contribution in [2.45, 2.75) is 33.2 Å². The lowest BCUT2D eigenvalue weighted by molar-refractivity contribution is 0.171. The van der Waals surface area contributed by atoms with Crippen molar-refractivity contribution in [2.24, 2.45) is 10.7 Å². The molecule has 0 aromatic carbocycles. The normalized spacial score (nSPS) is 12.5. The van der Waals surface area contributed by atoms with Gasteiger partial charge < -0.3 is 10.5 Å². The van der Waals surface area contributed by atoms with Crippen LogP contribution < -0.4 is 5.73 Å². The van der Waals surface area contributed by atoms with Gasteiger partial charge in [-0.25, -0.2) is 0 Å². The van der Waals surface area contributed by atoms with Gasteiger partial charge >= 0.3 is 0 Å². The molecule has 0 aromatic heterocycles. The van der Waals surface area contributed by atoms with Gasteiger partial charge in [0.25, 0.3) is 0 Å². The number of rotatable bonds is 5. The highest BCUT2D eigenvalue weighted by Gasteiger charge is 1.93. The molecule has 0 spiro atoms. The van der Waals surface area contributed by atoms with Crippen molar-refractivity contribution in [1.82, 2.24) is 0 Å². The van der Waals surface area contributed by atoms with Crippen LogP contribution in [0.25, 0.3) is 0 Å². The van der Waals surface area contributed by atoms with Gasteiger partial charge in [0, 0.05) is 12.6 Å². The van der Waals surface area contributed by atoms with Gasteiger partial charge in [-0.1, -0.05) is 6.92 Å². The lowest BCUT2D eigenvalue weighted by Gasteiger charge is -2.03. The van der Waals surface area contributed by atoms with Gasteiger partial charge in [-0.05, 0) is 20.3 Å². The molecule has 0 aromatic rings. The quantitative estimate of drug-likeness (QED) is 0.371. The van der Waals surface area contributed by atoms with Crippen molar-refractivity contribution in [3.63, 3.8) is 0 Å². The van der Waals surface area contributed by atoms with E-state index in [4.69, 9.17) is 10.5 Å². The van der Waals surface area contributed by atoms with Crippen LogP contribution in [0.15, 0.2) is 4.99 Å². The van der Waals surface area contributed by atoms with Crippen LogP contribution >= 0.6 is 0 Å². The van der Waals surface area contributed by atoms with Crippen molar-refractivity contribution in [3.05, 3.63) is 0 Å². The Morgan fingerprint density at radius 2 is 2.18 bits per heavy atom. The van der Waals surface area contributed by atoms with Gasteiger partial charge in [-0.15, -0.1) is 0 Å². The molecule has 0 fully saturated rings. The standard InChI is InChI=1S/C8H18N2O/c1-4-5-11-6-8(9)10-7(2)3/h7H,4-6H2,1-3H3,(H2,9,10). The Bertz CT molecular complexity index is 121. The number of aliphatic imine (C=N–C) groups is 1. The molecule has 66 valence electrons. The highest BCUT2D eigenvalue weighted by Crippen LogP contribution is 1.86. The molecule has 0 rings (SSSR count). The number of nitrogens with two attached hydrogens (primary N) is 1. The highest BCUT2D eigenvalue weighted by atomic mass is 16.5. The monoisotopic (exact) mass is 158 g/mol. The average Bonchev–Trinajstić information content (AvgIpc) is 1.86. The topological polar surface area (TPSA) is 47.6 Å². The number of hydrogen-bond donors (Lipinski definition) is 1. The molecule has 0 saturated heterocycles. The molecular formula is C8H18N2O. The summed E-state index contributed by atoms with van der Waals surface area (Å²) in [5.41, 5.74) is 5.54. The maximum Gasteiger partial charge on any atom is 0.120 e. The SMILES string of the molecule is CCCOCC(N)=NC(C)C. The highest BCUT2D eigenvalue weighted by molar-refractivity contribution is 5.81. The van der Waals surface area contributed by atoms with Gasteiger partial charge in [0.1, 0.15) is 12.4 Å². The first-order valence-electron chi connectivity index (χ1n) is 4.06. The molecule has 2 N–H and O–H groups in total. The molecule has 0 saturated carbocycles. The Morgan fingerprint density at radius 1 is 1.55 bits per heavy atom. The van der Waals surface area contributed by atoms with Crippen LogP contribution in [0.3, 0.4) is 0 Å². The Morgan fingerprint density at radius 3 is 2.64 bits per heavy atom. The third-order valence-electron chi connectivity index (χ3n) is 1.02. The summed E-state index contributed by atoms with van der Waals surface area (Å²) in [5.74, 6) is 0.591. The number of hydrogen-bond acceptors (Lipinski definition) is 2. The molecule has 3 heteroatoms. The zero-order valence-corrected chi connectivity index (χ0v) is 7.63. The summed E-state index contributed by atoms with van der Waals surface area (Å²) in [6, 6.07) is 0.264. The fraction of sp³-hybridized carbons (Fsp3) is 0.875. The molecule has 0 aliphatic rings. The molecule has 0 aliphatic heterocycles. The molecule has 3 nitrogen and oxygen atoms in total. The summed E-state index contributed by atoms with van der Waals surface area (Å²) in [4.78, 5) is 4.12. The summed E-state index contributed by atoms with van der Waals surface area (Å²) in [6.07, 6.45) is 1.02. The third kappa shape index (κ3) is 7.33. The first kappa shape index (κ1) is 10.4. The molecule has 0 radical (unpaired) electrons. The van der Waals surface area contributed by atoms with Crippen molar-refractivity contribution >= 4 is 5.84 Å². The van der Waals surface area contributed by atoms with Crippen molar-refractivity contribution < 1.29 is 4.74 Å². The zero-order valence-electron chi connectivity index (χ0n) is 7.63. The van der Waals surface area contributed by atoms with Crippen LogP contribution in [0.2, 0.25) is 0 Å². The van der Waals surface area contributed by atoms with Gasteiger partial charge in [-0.2, -0.15) is 0 Å². The van der Waals surface area contributed by atoms with E-state index < -0.39 is 0 Å². The first-order chi connectivity index (χ1) is 5.16. The van der Waals surface area contributed by atoms with Crippen LogP contribution in [-0.4, -0.2) is 25.1 Å². The van der Waals surface area contributed by atoms with Crippen LogP contribution in [0.5, 0.6) is 0 Å². The van der Waals surface area contributed by atoms with E-state index in [1.54, 1.807) is 0 Å². The molecule has 0 bridgehead atoms. The van der Waals surface area contributed by atoms with Crippen molar-refractivity contribution in [3.8, 4) is 0 Å². The van der Waals surface area contributed by atoms with Crippen LogP contribution in [-0.2, 0) is 4.74 Å². The maximum absolute atomic E-state index is 5.54. The Hall–Kier alpha value is -0.570. The first-order valence-corrected chi connectivity index (χ1v) is 4.06. The molecule has 0 heterocycles. The summed E-state index contributed by atoms with van der Waals surface area (Å²) < 4.78 is 5.19. The van der Waals surface area contributed by atoms with Crippen LogP contribution in [0.1, 0.15) is 27.2 Å². The second-order valence-corrected chi connectivity index (χ2v) is 2.77. The molecule has 0 atom stereocenters. The van der Waals surface area contributed by atoms with E-state index in [9.17, 15) is 0 Å². The smallest absolute Gasteiger partial charge is 0.120 e. The third-order valence-corrected chi connectivity index (χ3v) is 1.02. The van der Waals surface area contributed by atoms with E-state index in [0.717, 1.165) is 13.0 Å². The van der Waals surface area contributed by atoms with Crippen molar-refractivity contribution in [1.29, 1.82) is 0 Å². The maximum atomic E-state index is 5.54. The zero-order chi connectivity index (χ0) is 8.69. The van der Waals surface area contributed by atoms with Gasteiger partial charge in [0.05, 0.1) is 0 Å². The fourth-order valence-corrected chi connectivity index (χ4v) is 0.690. The van der Waals surface area contributed by atoms with E-state index in [2.05, 4.69) is 11.9 Å². The molecule has 0 aliphatic carbocycles. The predicted octanol–water partition coefficient (Wildman–Crippen LogP) is 1.18. The van der Waals surface area contributed by atoms with Crippen LogP contribution in [0, 0.1) is 0 Å². The molecular weight excluding hydrogens is 140 g/mol. The molecule has 0 unspecified atom stereocenters. The fourth-order valence-electron chi connectivity index (χ4n) is 0.690. The van der Waals surface area contributed by atoms with E-state index in [0.29, 0.717) is 12.4 Å². The lowest BCUT2D eigenvalue weighted by atomic mass is 10.4. The Kier molecular flexibility index (Phi) is 5.84. The minimum Gasteiger partial charge on any atom is -0.386 e. The lowest BCUT2D eigenvalue weighted by Crippen LogP contribution is -2.21. The minimum atomic E-state index is 0.264. The molecule has 0 amide bonds. The minimum absolute atomic E-state index is 0.264. The Balaban J connectivity index is 3.43. The van der Waals surface area contributed by atoms with E-state index in [1.807, 2.05) is 13.8 Å². The van der Waals surface area contributed by atoms with Crippen molar-refractivity contribution in [2.75, 3.05) is 13.2 Å². The Labute approximate surface area is 68.6 Å². The largest absolute Gasteiger partial charge is 0.386 e. The average molecular weight is 158 g/mol. The second kappa shape index (κ2) is 6.16. The van der Waals surface area contributed by atoms with E-state index >= 15 is 0 Å². The van der Waals surface area contributed by atoms with Gasteiger partial charge in [0.15, 0.2) is 0 Å². The summed E-state index contributed by atoms with van der Waals surface area (Å²) in [6.45, 7) is 7.27. The number of amidine groups is 1. The van der Waals surface area contributed by atoms with Crippen LogP contribution in [0.4, 0.5) is 0 Å². The number of ether oxygens (including phenoxy) is 1.